The third-order valence-corrected chi connectivity index (χ3v) is 2.30. The van der Waals surface area contributed by atoms with Crippen LogP contribution in [0.3, 0.4) is 0 Å². The van der Waals surface area contributed by atoms with Gasteiger partial charge in [0.25, 0.3) is 0 Å². The summed E-state index contributed by atoms with van der Waals surface area (Å²) in [6, 6.07) is 10.8. The molecular formula is C12H12FN. The van der Waals surface area contributed by atoms with Crippen LogP contribution in [0.15, 0.2) is 36.4 Å². The minimum absolute atomic E-state index is 0.181. The molecule has 0 radical (unpaired) electrons. The van der Waals surface area contributed by atoms with E-state index in [0.717, 1.165) is 17.3 Å². The molecule has 0 amide bonds. The summed E-state index contributed by atoms with van der Waals surface area (Å²) in [5.41, 5.74) is 1.20. The number of benzene rings is 2. The standard InChI is InChI=1S/C12H12FN/c1-14-8-10-4-2-3-9-7-11(13)5-6-12(9)10/h2-7,14H,8H2,1H3. The van der Waals surface area contributed by atoms with E-state index in [2.05, 4.69) is 11.4 Å². The van der Waals surface area contributed by atoms with Crippen LogP contribution in [0.4, 0.5) is 4.39 Å². The van der Waals surface area contributed by atoms with E-state index in [-0.39, 0.29) is 5.82 Å². The number of hydrogen-bond donors (Lipinski definition) is 1. The first kappa shape index (κ1) is 9.16. The van der Waals surface area contributed by atoms with Gasteiger partial charge in [-0.2, -0.15) is 0 Å². The molecule has 2 aromatic rings. The Labute approximate surface area is 82.6 Å². The van der Waals surface area contributed by atoms with Gasteiger partial charge in [0, 0.05) is 6.54 Å². The van der Waals surface area contributed by atoms with Crippen LogP contribution in [0.2, 0.25) is 0 Å². The lowest BCUT2D eigenvalue weighted by molar-refractivity contribution is 0.629. The normalized spacial score (nSPS) is 10.7. The van der Waals surface area contributed by atoms with Crippen molar-refractivity contribution in [3.8, 4) is 0 Å². The molecule has 0 aliphatic carbocycles. The van der Waals surface area contributed by atoms with E-state index >= 15 is 0 Å². The first-order valence-electron chi connectivity index (χ1n) is 4.63. The van der Waals surface area contributed by atoms with Gasteiger partial charge in [0.15, 0.2) is 0 Å². The van der Waals surface area contributed by atoms with Gasteiger partial charge >= 0.3 is 0 Å². The molecule has 0 fully saturated rings. The van der Waals surface area contributed by atoms with Gasteiger partial charge < -0.3 is 5.32 Å². The highest BCUT2D eigenvalue weighted by Crippen LogP contribution is 2.19. The van der Waals surface area contributed by atoms with Crippen LogP contribution in [0.25, 0.3) is 10.8 Å². The molecule has 0 spiro atoms. The monoisotopic (exact) mass is 189 g/mol. The van der Waals surface area contributed by atoms with E-state index in [0.29, 0.717) is 0 Å². The van der Waals surface area contributed by atoms with E-state index in [4.69, 9.17) is 0 Å². The Bertz CT molecular complexity index is 451. The Hall–Kier alpha value is -1.41. The largest absolute Gasteiger partial charge is 0.316 e. The SMILES string of the molecule is CNCc1cccc2cc(F)ccc12. The van der Waals surface area contributed by atoms with Gasteiger partial charge in [-0.05, 0) is 35.5 Å². The fraction of sp³-hybridized carbons (Fsp3) is 0.167. The third-order valence-electron chi connectivity index (χ3n) is 2.30. The predicted octanol–water partition coefficient (Wildman–Crippen LogP) is 2.70. The molecule has 1 N–H and O–H groups in total. The zero-order valence-corrected chi connectivity index (χ0v) is 8.05. The number of fused-ring (bicyclic) bond motifs is 1. The van der Waals surface area contributed by atoms with Crippen molar-refractivity contribution in [1.29, 1.82) is 0 Å². The van der Waals surface area contributed by atoms with Crippen molar-refractivity contribution in [3.63, 3.8) is 0 Å². The quantitative estimate of drug-likeness (QED) is 0.765. The number of halogens is 1. The summed E-state index contributed by atoms with van der Waals surface area (Å²) in [4.78, 5) is 0. The maximum atomic E-state index is 12.9. The van der Waals surface area contributed by atoms with Crippen molar-refractivity contribution < 1.29 is 4.39 Å². The summed E-state index contributed by atoms with van der Waals surface area (Å²) in [6.45, 7) is 0.809. The Balaban J connectivity index is 2.62. The third kappa shape index (κ3) is 1.61. The van der Waals surface area contributed by atoms with Gasteiger partial charge in [0.2, 0.25) is 0 Å². The smallest absolute Gasteiger partial charge is 0.123 e. The average molecular weight is 189 g/mol. The van der Waals surface area contributed by atoms with Gasteiger partial charge in [-0.15, -0.1) is 0 Å². The molecule has 0 atom stereocenters. The molecule has 0 aliphatic heterocycles. The van der Waals surface area contributed by atoms with E-state index in [1.54, 1.807) is 6.07 Å². The minimum Gasteiger partial charge on any atom is -0.316 e. The Morgan fingerprint density at radius 1 is 1.21 bits per heavy atom. The second kappa shape index (κ2) is 3.76. The average Bonchev–Trinajstić information content (AvgIpc) is 2.18. The summed E-state index contributed by atoms with van der Waals surface area (Å²) >= 11 is 0. The molecule has 2 heteroatoms. The van der Waals surface area contributed by atoms with Crippen molar-refractivity contribution in [2.24, 2.45) is 0 Å². The number of hydrogen-bond acceptors (Lipinski definition) is 1. The molecule has 72 valence electrons. The molecule has 2 aromatic carbocycles. The van der Waals surface area contributed by atoms with Gasteiger partial charge in [0.1, 0.15) is 5.82 Å². The molecule has 0 heterocycles. The highest BCUT2D eigenvalue weighted by atomic mass is 19.1. The summed E-state index contributed by atoms with van der Waals surface area (Å²) < 4.78 is 12.9. The Morgan fingerprint density at radius 2 is 2.07 bits per heavy atom. The van der Waals surface area contributed by atoms with Crippen molar-refractivity contribution in [3.05, 3.63) is 47.8 Å². The molecule has 0 bridgehead atoms. The zero-order valence-electron chi connectivity index (χ0n) is 8.05. The summed E-state index contributed by atoms with van der Waals surface area (Å²) in [5, 5.41) is 5.17. The highest BCUT2D eigenvalue weighted by Gasteiger charge is 2.00. The molecular weight excluding hydrogens is 177 g/mol. The van der Waals surface area contributed by atoms with Crippen LogP contribution >= 0.6 is 0 Å². The molecule has 0 saturated heterocycles. The molecule has 14 heavy (non-hydrogen) atoms. The Morgan fingerprint density at radius 3 is 2.86 bits per heavy atom. The molecule has 0 aromatic heterocycles. The maximum Gasteiger partial charge on any atom is 0.123 e. The van der Waals surface area contributed by atoms with Crippen LogP contribution in [0.1, 0.15) is 5.56 Å². The van der Waals surface area contributed by atoms with Gasteiger partial charge in [-0.3, -0.25) is 0 Å². The molecule has 0 unspecified atom stereocenters. The van der Waals surface area contributed by atoms with Gasteiger partial charge in [-0.1, -0.05) is 24.3 Å². The first-order valence-corrected chi connectivity index (χ1v) is 4.63. The van der Waals surface area contributed by atoms with Crippen LogP contribution in [0.5, 0.6) is 0 Å². The van der Waals surface area contributed by atoms with Crippen molar-refractivity contribution in [1.82, 2.24) is 5.32 Å². The minimum atomic E-state index is -0.181. The molecule has 1 nitrogen and oxygen atoms in total. The van der Waals surface area contributed by atoms with Crippen molar-refractivity contribution >= 4 is 10.8 Å². The van der Waals surface area contributed by atoms with E-state index in [9.17, 15) is 4.39 Å². The van der Waals surface area contributed by atoms with Crippen molar-refractivity contribution in [2.75, 3.05) is 7.05 Å². The maximum absolute atomic E-state index is 12.9. The summed E-state index contributed by atoms with van der Waals surface area (Å²) in [7, 11) is 1.91. The van der Waals surface area contributed by atoms with Gasteiger partial charge in [0.05, 0.1) is 0 Å². The topological polar surface area (TPSA) is 12.0 Å². The van der Waals surface area contributed by atoms with Crippen LogP contribution in [-0.2, 0) is 6.54 Å². The fourth-order valence-corrected chi connectivity index (χ4v) is 1.67. The zero-order chi connectivity index (χ0) is 9.97. The highest BCUT2D eigenvalue weighted by molar-refractivity contribution is 5.85. The van der Waals surface area contributed by atoms with E-state index in [1.165, 1.54) is 11.6 Å². The van der Waals surface area contributed by atoms with Crippen LogP contribution in [0, 0.1) is 5.82 Å². The summed E-state index contributed by atoms with van der Waals surface area (Å²) in [6.07, 6.45) is 0. The van der Waals surface area contributed by atoms with Crippen LogP contribution < -0.4 is 5.32 Å². The number of rotatable bonds is 2. The molecule has 0 aliphatic rings. The van der Waals surface area contributed by atoms with E-state index < -0.39 is 0 Å². The second-order valence-electron chi connectivity index (χ2n) is 3.31. The number of nitrogens with one attached hydrogen (secondary N) is 1. The lowest BCUT2D eigenvalue weighted by atomic mass is 10.0. The van der Waals surface area contributed by atoms with E-state index in [1.807, 2.05) is 25.2 Å². The first-order chi connectivity index (χ1) is 6.81. The molecule has 2 rings (SSSR count). The lowest BCUT2D eigenvalue weighted by Crippen LogP contribution is -2.05. The second-order valence-corrected chi connectivity index (χ2v) is 3.31. The van der Waals surface area contributed by atoms with Crippen LogP contribution in [-0.4, -0.2) is 7.05 Å². The Kier molecular flexibility index (Phi) is 2.46. The fourth-order valence-electron chi connectivity index (χ4n) is 1.67. The molecule has 0 saturated carbocycles. The lowest BCUT2D eigenvalue weighted by Gasteiger charge is -2.05. The summed E-state index contributed by atoms with van der Waals surface area (Å²) in [5.74, 6) is -0.181. The predicted molar refractivity (Wildman–Crippen MR) is 56.7 cm³/mol. The van der Waals surface area contributed by atoms with Gasteiger partial charge in [-0.25, -0.2) is 4.39 Å². The van der Waals surface area contributed by atoms with Crippen molar-refractivity contribution in [2.45, 2.75) is 6.54 Å².